The molecule has 2 rings (SSSR count). The lowest BCUT2D eigenvalue weighted by Crippen LogP contribution is -2.37. The van der Waals surface area contributed by atoms with Crippen molar-refractivity contribution >= 4 is 50.5 Å². The van der Waals surface area contributed by atoms with Crippen LogP contribution >= 0.6 is 23.2 Å². The van der Waals surface area contributed by atoms with E-state index in [-0.39, 0.29) is 6.54 Å². The molecule has 1 N–H and O–H groups in total. The van der Waals surface area contributed by atoms with E-state index in [2.05, 4.69) is 5.32 Å². The van der Waals surface area contributed by atoms with Crippen LogP contribution in [0.5, 0.6) is 0 Å². The molecule has 8 heteroatoms. The number of rotatable bonds is 5. The quantitative estimate of drug-likeness (QED) is 0.851. The van der Waals surface area contributed by atoms with Crippen LogP contribution in [0.15, 0.2) is 42.5 Å². The number of benzene rings is 2. The van der Waals surface area contributed by atoms with Gasteiger partial charge in [0.1, 0.15) is 6.54 Å². The van der Waals surface area contributed by atoms with Gasteiger partial charge >= 0.3 is 0 Å². The van der Waals surface area contributed by atoms with Crippen molar-refractivity contribution in [3.63, 3.8) is 0 Å². The Kier molecular flexibility index (Phi) is 5.74. The molecule has 0 aliphatic heterocycles. The molecule has 0 saturated heterocycles. The van der Waals surface area contributed by atoms with Crippen LogP contribution in [0, 0.1) is 6.92 Å². The van der Waals surface area contributed by atoms with Crippen molar-refractivity contribution in [2.45, 2.75) is 6.92 Å². The van der Waals surface area contributed by atoms with Gasteiger partial charge in [0, 0.05) is 15.7 Å². The van der Waals surface area contributed by atoms with Gasteiger partial charge in [0.2, 0.25) is 15.9 Å². The highest BCUT2D eigenvalue weighted by atomic mass is 35.5. The van der Waals surface area contributed by atoms with Gasteiger partial charge in [-0.3, -0.25) is 9.10 Å². The van der Waals surface area contributed by atoms with E-state index in [9.17, 15) is 13.2 Å². The van der Waals surface area contributed by atoms with E-state index < -0.39 is 15.9 Å². The molecule has 24 heavy (non-hydrogen) atoms. The van der Waals surface area contributed by atoms with Crippen LogP contribution in [0.1, 0.15) is 5.56 Å². The Bertz CT molecular complexity index is 869. The summed E-state index contributed by atoms with van der Waals surface area (Å²) in [4.78, 5) is 12.2. The predicted molar refractivity (Wildman–Crippen MR) is 98.5 cm³/mol. The topological polar surface area (TPSA) is 66.5 Å². The monoisotopic (exact) mass is 386 g/mol. The Morgan fingerprint density at radius 2 is 1.79 bits per heavy atom. The number of hydrogen-bond donors (Lipinski definition) is 1. The number of carbonyl (C=O) groups is 1. The summed E-state index contributed by atoms with van der Waals surface area (Å²) >= 11 is 11.8. The first-order chi connectivity index (χ1) is 11.2. The smallest absolute Gasteiger partial charge is 0.245 e. The normalized spacial score (nSPS) is 11.2. The van der Waals surface area contributed by atoms with Gasteiger partial charge in [0.05, 0.1) is 11.9 Å². The van der Waals surface area contributed by atoms with Crippen LogP contribution in [0.25, 0.3) is 0 Å². The number of carbonyl (C=O) groups excluding carboxylic acids is 1. The lowest BCUT2D eigenvalue weighted by atomic mass is 10.2. The second-order valence-electron chi connectivity index (χ2n) is 5.26. The number of anilines is 2. The van der Waals surface area contributed by atoms with E-state index in [0.29, 0.717) is 27.0 Å². The highest BCUT2D eigenvalue weighted by Gasteiger charge is 2.22. The van der Waals surface area contributed by atoms with Crippen molar-refractivity contribution in [3.05, 3.63) is 58.1 Å². The summed E-state index contributed by atoms with van der Waals surface area (Å²) < 4.78 is 25.2. The average Bonchev–Trinajstić information content (AvgIpc) is 2.44. The summed E-state index contributed by atoms with van der Waals surface area (Å²) in [6.45, 7) is 1.38. The molecule has 0 aliphatic rings. The lowest BCUT2D eigenvalue weighted by molar-refractivity contribution is -0.114. The van der Waals surface area contributed by atoms with Crippen molar-refractivity contribution in [3.8, 4) is 0 Å². The molecular weight excluding hydrogens is 371 g/mol. The van der Waals surface area contributed by atoms with E-state index in [1.165, 1.54) is 0 Å². The fourth-order valence-electron chi connectivity index (χ4n) is 2.18. The third-order valence-corrected chi connectivity index (χ3v) is 4.82. The number of sulfonamides is 1. The molecule has 0 heterocycles. The molecule has 0 spiro atoms. The van der Waals surface area contributed by atoms with E-state index in [0.717, 1.165) is 10.6 Å². The van der Waals surface area contributed by atoms with Gasteiger partial charge in [-0.2, -0.15) is 0 Å². The highest BCUT2D eigenvalue weighted by molar-refractivity contribution is 7.92. The maximum absolute atomic E-state index is 12.2. The van der Waals surface area contributed by atoms with Crippen LogP contribution in [-0.2, 0) is 14.8 Å². The van der Waals surface area contributed by atoms with Gasteiger partial charge in [0.15, 0.2) is 0 Å². The van der Waals surface area contributed by atoms with Gasteiger partial charge < -0.3 is 5.32 Å². The molecule has 2 aromatic rings. The summed E-state index contributed by atoms with van der Waals surface area (Å²) in [5.74, 6) is -0.475. The number of halogens is 2. The van der Waals surface area contributed by atoms with Crippen molar-refractivity contribution in [2.24, 2.45) is 0 Å². The maximum atomic E-state index is 12.2. The van der Waals surface area contributed by atoms with E-state index in [4.69, 9.17) is 23.2 Å². The Balaban J connectivity index is 2.25. The number of amides is 1. The van der Waals surface area contributed by atoms with Crippen LogP contribution in [-0.4, -0.2) is 27.1 Å². The Morgan fingerprint density at radius 1 is 1.12 bits per heavy atom. The zero-order chi connectivity index (χ0) is 17.9. The van der Waals surface area contributed by atoms with Crippen molar-refractivity contribution < 1.29 is 13.2 Å². The van der Waals surface area contributed by atoms with Gasteiger partial charge in [-0.15, -0.1) is 0 Å². The highest BCUT2D eigenvalue weighted by Crippen LogP contribution is 2.25. The Hall–Kier alpha value is -1.76. The fourth-order valence-corrected chi connectivity index (χ4v) is 3.51. The maximum Gasteiger partial charge on any atom is 0.245 e. The summed E-state index contributed by atoms with van der Waals surface area (Å²) in [6.07, 6.45) is 1.05. The lowest BCUT2D eigenvalue weighted by Gasteiger charge is -2.23. The molecule has 0 saturated carbocycles. The minimum absolute atomic E-state index is 0.353. The van der Waals surface area contributed by atoms with Crippen molar-refractivity contribution in [1.82, 2.24) is 0 Å². The Labute approximate surface area is 151 Å². The minimum Gasteiger partial charge on any atom is -0.324 e. The number of hydrogen-bond acceptors (Lipinski definition) is 3. The first-order valence-electron chi connectivity index (χ1n) is 6.96. The molecule has 5 nitrogen and oxygen atoms in total. The Morgan fingerprint density at radius 3 is 2.38 bits per heavy atom. The molecule has 0 atom stereocenters. The third-order valence-electron chi connectivity index (χ3n) is 3.22. The van der Waals surface area contributed by atoms with Gasteiger partial charge in [-0.05, 0) is 48.9 Å². The van der Waals surface area contributed by atoms with Crippen LogP contribution in [0.4, 0.5) is 11.4 Å². The largest absolute Gasteiger partial charge is 0.324 e. The van der Waals surface area contributed by atoms with Gasteiger partial charge in [-0.25, -0.2) is 8.42 Å². The van der Waals surface area contributed by atoms with Crippen LogP contribution in [0.3, 0.4) is 0 Å². The second-order valence-corrected chi connectivity index (χ2v) is 8.04. The summed E-state index contributed by atoms with van der Waals surface area (Å²) in [7, 11) is -3.65. The molecule has 0 unspecified atom stereocenters. The second kappa shape index (κ2) is 7.42. The minimum atomic E-state index is -3.65. The molecule has 0 bridgehead atoms. The third kappa shape index (κ3) is 4.87. The predicted octanol–water partition coefficient (Wildman–Crippen LogP) is 3.71. The number of nitrogens with zero attached hydrogens (tertiary/aromatic N) is 1. The number of aryl methyl sites for hydroxylation is 1. The zero-order valence-corrected chi connectivity index (χ0v) is 15.4. The first kappa shape index (κ1) is 18.6. The molecular formula is C16H16Cl2N2O3S. The van der Waals surface area contributed by atoms with Crippen LogP contribution in [0.2, 0.25) is 10.0 Å². The average molecular weight is 387 g/mol. The zero-order valence-electron chi connectivity index (χ0n) is 13.1. The van der Waals surface area contributed by atoms with E-state index >= 15 is 0 Å². The fraction of sp³-hybridized carbons (Fsp3) is 0.188. The molecule has 0 fully saturated rings. The van der Waals surface area contributed by atoms with Crippen molar-refractivity contribution in [2.75, 3.05) is 22.4 Å². The molecule has 0 aromatic heterocycles. The summed E-state index contributed by atoms with van der Waals surface area (Å²) in [6, 6.07) is 11.4. The summed E-state index contributed by atoms with van der Waals surface area (Å²) in [5, 5.41) is 3.60. The van der Waals surface area contributed by atoms with Gasteiger partial charge in [0.25, 0.3) is 0 Å². The summed E-state index contributed by atoms with van der Waals surface area (Å²) in [5.41, 5.74) is 1.56. The molecule has 0 radical (unpaired) electrons. The van der Waals surface area contributed by atoms with Crippen molar-refractivity contribution in [1.29, 1.82) is 0 Å². The standard InChI is InChI=1S/C16H16Cl2N2O3S/c1-11-8-13(18)6-7-15(11)20(24(2,22)23)10-16(21)19-14-5-3-4-12(17)9-14/h3-9H,10H2,1-2H3,(H,19,21). The molecule has 128 valence electrons. The SMILES string of the molecule is Cc1cc(Cl)ccc1N(CC(=O)Nc1cccc(Cl)c1)S(C)(=O)=O. The van der Waals surface area contributed by atoms with E-state index in [1.54, 1.807) is 49.4 Å². The molecule has 0 aliphatic carbocycles. The van der Waals surface area contributed by atoms with Crippen LogP contribution < -0.4 is 9.62 Å². The van der Waals surface area contributed by atoms with Gasteiger partial charge in [-0.1, -0.05) is 29.3 Å². The first-order valence-corrected chi connectivity index (χ1v) is 9.56. The van der Waals surface area contributed by atoms with E-state index in [1.807, 2.05) is 0 Å². The molecule has 2 aromatic carbocycles. The molecule has 1 amide bonds. The number of nitrogens with one attached hydrogen (secondary N) is 1.